The van der Waals surface area contributed by atoms with Crippen molar-refractivity contribution in [1.82, 2.24) is 14.5 Å². The highest BCUT2D eigenvalue weighted by molar-refractivity contribution is 6.10. The first kappa shape index (κ1) is 24.1. The first-order chi connectivity index (χ1) is 21.3. The van der Waals surface area contributed by atoms with Crippen molar-refractivity contribution in [3.8, 4) is 39.3 Å². The van der Waals surface area contributed by atoms with E-state index in [0.29, 0.717) is 0 Å². The number of aryl methyl sites for hydroxylation is 2. The molecule has 9 rings (SSSR count). The molecule has 0 N–H and O–H groups in total. The molecule has 3 nitrogen and oxygen atoms in total. The van der Waals surface area contributed by atoms with Crippen LogP contribution in [0.1, 0.15) is 11.1 Å². The maximum atomic E-state index is 4.97. The molecule has 5 aromatic carbocycles. The summed E-state index contributed by atoms with van der Waals surface area (Å²) < 4.78 is 2.38. The molecule has 3 aromatic heterocycles. The lowest BCUT2D eigenvalue weighted by molar-refractivity contribution is 0.937. The van der Waals surface area contributed by atoms with Crippen LogP contribution in [-0.4, -0.2) is 14.5 Å². The Morgan fingerprint density at radius 2 is 1.21 bits per heavy atom. The van der Waals surface area contributed by atoms with Crippen LogP contribution in [0.3, 0.4) is 0 Å². The molecule has 1 aliphatic carbocycles. The second kappa shape index (κ2) is 9.50. The SMILES string of the molecule is c1cc(-c2cc3c(cn2)-c2ccccc2CC3)cc(-n2c3ccccc3c3ccc(-c4cc5ccccc5cn4)cc32)c1. The molecule has 3 heterocycles. The van der Waals surface area contributed by atoms with Crippen LogP contribution in [0.25, 0.3) is 71.9 Å². The van der Waals surface area contributed by atoms with Crippen LogP contribution in [0.4, 0.5) is 0 Å². The third-order valence-corrected chi connectivity index (χ3v) is 8.96. The Labute approximate surface area is 249 Å². The predicted molar refractivity (Wildman–Crippen MR) is 178 cm³/mol. The van der Waals surface area contributed by atoms with E-state index in [1.54, 1.807) is 0 Å². The third-order valence-electron chi connectivity index (χ3n) is 8.96. The Bertz CT molecular complexity index is 2360. The van der Waals surface area contributed by atoms with Crippen LogP contribution in [0.5, 0.6) is 0 Å². The van der Waals surface area contributed by atoms with Gasteiger partial charge in [0.05, 0.1) is 22.4 Å². The van der Waals surface area contributed by atoms with Crippen LogP contribution >= 0.6 is 0 Å². The highest BCUT2D eigenvalue weighted by atomic mass is 15.0. The molecule has 8 aromatic rings. The normalized spacial score (nSPS) is 12.5. The van der Waals surface area contributed by atoms with E-state index < -0.39 is 0 Å². The van der Waals surface area contributed by atoms with Gasteiger partial charge in [-0.25, -0.2) is 0 Å². The summed E-state index contributed by atoms with van der Waals surface area (Å²) >= 11 is 0. The highest BCUT2D eigenvalue weighted by Gasteiger charge is 2.18. The van der Waals surface area contributed by atoms with E-state index in [1.807, 2.05) is 6.20 Å². The Hall–Kier alpha value is -5.54. The van der Waals surface area contributed by atoms with E-state index in [0.717, 1.165) is 46.4 Å². The lowest BCUT2D eigenvalue weighted by Crippen LogP contribution is -2.05. The van der Waals surface area contributed by atoms with E-state index >= 15 is 0 Å². The molecule has 43 heavy (non-hydrogen) atoms. The lowest BCUT2D eigenvalue weighted by Gasteiger charge is -2.20. The van der Waals surface area contributed by atoms with Crippen LogP contribution in [0, 0.1) is 0 Å². The first-order valence-electron chi connectivity index (χ1n) is 14.9. The minimum absolute atomic E-state index is 0.978. The Morgan fingerprint density at radius 3 is 2.19 bits per heavy atom. The maximum absolute atomic E-state index is 4.97. The van der Waals surface area contributed by atoms with Crippen molar-refractivity contribution in [3.05, 3.63) is 151 Å². The molecule has 202 valence electrons. The smallest absolute Gasteiger partial charge is 0.0709 e. The van der Waals surface area contributed by atoms with E-state index in [1.165, 1.54) is 49.4 Å². The number of nitrogens with zero attached hydrogens (tertiary/aromatic N) is 3. The van der Waals surface area contributed by atoms with Gasteiger partial charge in [-0.3, -0.25) is 9.97 Å². The highest BCUT2D eigenvalue weighted by Crippen LogP contribution is 2.37. The molecule has 1 aliphatic rings. The van der Waals surface area contributed by atoms with Gasteiger partial charge in [0.15, 0.2) is 0 Å². The zero-order chi connectivity index (χ0) is 28.3. The van der Waals surface area contributed by atoms with Crippen LogP contribution in [0.2, 0.25) is 0 Å². The second-order valence-electron chi connectivity index (χ2n) is 11.4. The van der Waals surface area contributed by atoms with Crippen molar-refractivity contribution < 1.29 is 0 Å². The van der Waals surface area contributed by atoms with Crippen molar-refractivity contribution in [2.24, 2.45) is 0 Å². The second-order valence-corrected chi connectivity index (χ2v) is 11.4. The van der Waals surface area contributed by atoms with Gasteiger partial charge >= 0.3 is 0 Å². The summed E-state index contributed by atoms with van der Waals surface area (Å²) in [4.78, 5) is 9.80. The molecule has 0 amide bonds. The molecule has 3 heteroatoms. The molecule has 0 aliphatic heterocycles. The van der Waals surface area contributed by atoms with Gasteiger partial charge < -0.3 is 4.57 Å². The number of aromatic nitrogens is 3. The molecule has 0 spiro atoms. The topological polar surface area (TPSA) is 30.7 Å². The number of benzene rings is 5. The average molecular weight is 550 g/mol. The summed E-state index contributed by atoms with van der Waals surface area (Å²) in [5.41, 5.74) is 13.1. The van der Waals surface area contributed by atoms with E-state index in [2.05, 4.69) is 138 Å². The van der Waals surface area contributed by atoms with Crippen molar-refractivity contribution in [2.75, 3.05) is 0 Å². The van der Waals surface area contributed by atoms with Crippen LogP contribution in [-0.2, 0) is 12.8 Å². The van der Waals surface area contributed by atoms with Crippen molar-refractivity contribution in [2.45, 2.75) is 12.8 Å². The zero-order valence-corrected chi connectivity index (χ0v) is 23.5. The van der Waals surface area contributed by atoms with Crippen molar-refractivity contribution >= 4 is 32.6 Å². The molecule has 0 radical (unpaired) electrons. The van der Waals surface area contributed by atoms with Gasteiger partial charge in [0, 0.05) is 50.9 Å². The molecule has 0 unspecified atom stereocenters. The number of pyridine rings is 2. The number of hydrogen-bond acceptors (Lipinski definition) is 2. The van der Waals surface area contributed by atoms with Gasteiger partial charge in [-0.1, -0.05) is 91.0 Å². The summed E-state index contributed by atoms with van der Waals surface area (Å²) in [5.74, 6) is 0. The largest absolute Gasteiger partial charge is 0.309 e. The molecule has 0 fully saturated rings. The summed E-state index contributed by atoms with van der Waals surface area (Å²) in [6.07, 6.45) is 6.15. The summed E-state index contributed by atoms with van der Waals surface area (Å²) in [7, 11) is 0. The zero-order valence-electron chi connectivity index (χ0n) is 23.5. The molecule has 0 bridgehead atoms. The molecule has 0 saturated carbocycles. The summed E-state index contributed by atoms with van der Waals surface area (Å²) in [6.45, 7) is 0. The van der Waals surface area contributed by atoms with Gasteiger partial charge in [-0.05, 0) is 71.3 Å². The first-order valence-corrected chi connectivity index (χ1v) is 14.9. The molecular formula is C40H27N3. The lowest BCUT2D eigenvalue weighted by atomic mass is 9.86. The fraction of sp³-hybridized carbons (Fsp3) is 0.0500. The Morgan fingerprint density at radius 1 is 0.465 bits per heavy atom. The standard InChI is InChI=1S/C40H27N3/c1-2-10-31-24-41-37(21-27(31)9-1)30-18-19-35-34-14-5-6-15-39(34)43(40(35)23-30)32-12-7-11-29(20-32)38-22-28-17-16-26-8-3-4-13-33(26)36(28)25-42-38/h1-15,18-25H,16-17H2. The molecule has 0 atom stereocenters. The molecule has 0 saturated heterocycles. The third kappa shape index (κ3) is 3.89. The molecular weight excluding hydrogens is 522 g/mol. The van der Waals surface area contributed by atoms with Gasteiger partial charge in [-0.2, -0.15) is 0 Å². The number of fused-ring (bicyclic) bond motifs is 7. The van der Waals surface area contributed by atoms with E-state index in [4.69, 9.17) is 9.97 Å². The maximum Gasteiger partial charge on any atom is 0.0709 e. The number of hydrogen-bond donors (Lipinski definition) is 0. The quantitative estimate of drug-likeness (QED) is 0.220. The van der Waals surface area contributed by atoms with Crippen LogP contribution < -0.4 is 0 Å². The Kier molecular flexibility index (Phi) is 5.32. The fourth-order valence-electron chi connectivity index (χ4n) is 6.83. The Balaban J connectivity index is 1.19. The average Bonchev–Trinajstić information content (AvgIpc) is 3.41. The number of para-hydroxylation sites is 1. The van der Waals surface area contributed by atoms with Gasteiger partial charge in [0.2, 0.25) is 0 Å². The summed E-state index contributed by atoms with van der Waals surface area (Å²) in [5, 5.41) is 4.82. The number of rotatable bonds is 3. The van der Waals surface area contributed by atoms with Gasteiger partial charge in [-0.15, -0.1) is 0 Å². The predicted octanol–water partition coefficient (Wildman–Crippen LogP) is 9.83. The van der Waals surface area contributed by atoms with Crippen molar-refractivity contribution in [1.29, 1.82) is 0 Å². The van der Waals surface area contributed by atoms with Crippen LogP contribution in [0.15, 0.2) is 140 Å². The minimum atomic E-state index is 0.978. The van der Waals surface area contributed by atoms with Gasteiger partial charge in [0.25, 0.3) is 0 Å². The minimum Gasteiger partial charge on any atom is -0.309 e. The monoisotopic (exact) mass is 549 g/mol. The van der Waals surface area contributed by atoms with E-state index in [-0.39, 0.29) is 0 Å². The van der Waals surface area contributed by atoms with E-state index in [9.17, 15) is 0 Å². The van der Waals surface area contributed by atoms with Crippen molar-refractivity contribution in [3.63, 3.8) is 0 Å². The summed E-state index contributed by atoms with van der Waals surface area (Å²) in [6, 6.07) is 45.8. The fourth-order valence-corrected chi connectivity index (χ4v) is 6.83. The van der Waals surface area contributed by atoms with Gasteiger partial charge in [0.1, 0.15) is 0 Å².